The zero-order valence-electron chi connectivity index (χ0n) is 14.2. The van der Waals surface area contributed by atoms with Crippen molar-refractivity contribution in [3.63, 3.8) is 0 Å². The summed E-state index contributed by atoms with van der Waals surface area (Å²) in [6, 6.07) is 2.83. The van der Waals surface area contributed by atoms with E-state index in [4.69, 9.17) is 5.11 Å². The van der Waals surface area contributed by atoms with Crippen LogP contribution in [0.4, 0.5) is 5.69 Å². The number of hydrogen-bond donors (Lipinski definition) is 3. The molecule has 1 unspecified atom stereocenters. The smallest absolute Gasteiger partial charge is 0.326 e. The average molecular weight is 351 g/mol. The monoisotopic (exact) mass is 351 g/mol. The van der Waals surface area contributed by atoms with Crippen LogP contribution in [-0.2, 0) is 9.59 Å². The third-order valence-corrected chi connectivity index (χ3v) is 3.41. The Morgan fingerprint density at radius 2 is 1.92 bits per heavy atom. The van der Waals surface area contributed by atoms with Crippen LogP contribution in [0.3, 0.4) is 0 Å². The lowest BCUT2D eigenvalue weighted by Crippen LogP contribution is -2.46. The molecule has 0 aliphatic heterocycles. The van der Waals surface area contributed by atoms with Gasteiger partial charge in [-0.15, -0.1) is 0 Å². The second kappa shape index (κ2) is 8.76. The summed E-state index contributed by atoms with van der Waals surface area (Å²) < 4.78 is 0. The number of amides is 2. The normalized spacial score (nSPS) is 11.7. The first-order chi connectivity index (χ1) is 11.6. The van der Waals surface area contributed by atoms with Crippen LogP contribution in [0.2, 0.25) is 0 Å². The van der Waals surface area contributed by atoms with Crippen LogP contribution < -0.4 is 10.6 Å². The molecular weight excluding hydrogens is 330 g/mol. The van der Waals surface area contributed by atoms with E-state index in [0.29, 0.717) is 5.56 Å². The number of nitrogens with zero attached hydrogens (tertiary/aromatic N) is 1. The van der Waals surface area contributed by atoms with E-state index >= 15 is 0 Å². The van der Waals surface area contributed by atoms with Crippen LogP contribution in [-0.4, -0.2) is 40.4 Å². The zero-order valence-corrected chi connectivity index (χ0v) is 14.2. The zero-order chi connectivity index (χ0) is 19.1. The molecule has 0 heterocycles. The number of nitrogens with one attached hydrogen (secondary N) is 2. The van der Waals surface area contributed by atoms with Crippen molar-refractivity contribution in [3.8, 4) is 0 Å². The highest BCUT2D eigenvalue weighted by molar-refractivity contribution is 5.97. The van der Waals surface area contributed by atoms with Crippen molar-refractivity contribution >= 4 is 23.5 Å². The summed E-state index contributed by atoms with van der Waals surface area (Å²) in [5.74, 6) is -2.26. The molecule has 1 aromatic carbocycles. The predicted molar refractivity (Wildman–Crippen MR) is 89.2 cm³/mol. The summed E-state index contributed by atoms with van der Waals surface area (Å²) in [4.78, 5) is 45.1. The van der Waals surface area contributed by atoms with E-state index in [2.05, 4.69) is 10.6 Å². The Bertz CT molecular complexity index is 686. The quantitative estimate of drug-likeness (QED) is 0.476. The number of carbonyl (C=O) groups excluding carboxylic acids is 2. The lowest BCUT2D eigenvalue weighted by atomic mass is 10.0. The predicted octanol–water partition coefficient (Wildman–Crippen LogP) is 1.25. The van der Waals surface area contributed by atoms with Crippen molar-refractivity contribution < 1.29 is 24.4 Å². The maximum atomic E-state index is 12.0. The summed E-state index contributed by atoms with van der Waals surface area (Å²) in [7, 11) is 0. The fourth-order valence-corrected chi connectivity index (χ4v) is 2.20. The van der Waals surface area contributed by atoms with Crippen molar-refractivity contribution in [1.82, 2.24) is 10.6 Å². The second-order valence-electron chi connectivity index (χ2n) is 6.03. The minimum Gasteiger partial charge on any atom is -0.480 e. The SMILES string of the molecule is Cc1cc(C(=O)NCC(=O)NC(CC(C)C)C(=O)O)ccc1[N+](=O)[O-]. The van der Waals surface area contributed by atoms with E-state index in [1.165, 1.54) is 25.1 Å². The molecule has 0 saturated heterocycles. The number of aryl methyl sites for hydroxylation is 1. The highest BCUT2D eigenvalue weighted by Gasteiger charge is 2.21. The van der Waals surface area contributed by atoms with Crippen LogP contribution >= 0.6 is 0 Å². The lowest BCUT2D eigenvalue weighted by molar-refractivity contribution is -0.385. The van der Waals surface area contributed by atoms with E-state index in [1.807, 2.05) is 13.8 Å². The van der Waals surface area contributed by atoms with E-state index < -0.39 is 35.3 Å². The number of rotatable bonds is 8. The fourth-order valence-electron chi connectivity index (χ4n) is 2.20. The first-order valence-corrected chi connectivity index (χ1v) is 7.67. The molecule has 25 heavy (non-hydrogen) atoms. The number of aliphatic carboxylic acids is 1. The van der Waals surface area contributed by atoms with Gasteiger partial charge in [-0.1, -0.05) is 13.8 Å². The van der Waals surface area contributed by atoms with E-state index in [1.54, 1.807) is 0 Å². The van der Waals surface area contributed by atoms with Gasteiger partial charge in [-0.25, -0.2) is 4.79 Å². The van der Waals surface area contributed by atoms with Crippen molar-refractivity contribution in [1.29, 1.82) is 0 Å². The number of nitro benzene ring substituents is 1. The summed E-state index contributed by atoms with van der Waals surface area (Å²) in [6.45, 7) is 4.78. The van der Waals surface area contributed by atoms with Gasteiger partial charge in [0.15, 0.2) is 0 Å². The highest BCUT2D eigenvalue weighted by Crippen LogP contribution is 2.18. The Balaban J connectivity index is 2.63. The third-order valence-electron chi connectivity index (χ3n) is 3.41. The molecule has 1 aromatic rings. The minimum absolute atomic E-state index is 0.0825. The van der Waals surface area contributed by atoms with Crippen molar-refractivity contribution in [2.24, 2.45) is 5.92 Å². The number of carboxylic acids is 1. The molecule has 0 aliphatic rings. The Morgan fingerprint density at radius 3 is 2.40 bits per heavy atom. The molecule has 0 saturated carbocycles. The number of hydrogen-bond acceptors (Lipinski definition) is 5. The highest BCUT2D eigenvalue weighted by atomic mass is 16.6. The molecule has 3 N–H and O–H groups in total. The van der Waals surface area contributed by atoms with Crippen LogP contribution in [0.5, 0.6) is 0 Å². The maximum Gasteiger partial charge on any atom is 0.326 e. The van der Waals surface area contributed by atoms with Crippen LogP contribution in [0.1, 0.15) is 36.2 Å². The first kappa shape index (κ1) is 20.1. The molecule has 0 radical (unpaired) electrons. The van der Waals surface area contributed by atoms with Gasteiger partial charge in [-0.05, 0) is 31.4 Å². The molecule has 0 aliphatic carbocycles. The minimum atomic E-state index is -1.14. The van der Waals surface area contributed by atoms with Gasteiger partial charge in [-0.3, -0.25) is 19.7 Å². The second-order valence-corrected chi connectivity index (χ2v) is 6.03. The molecule has 1 atom stereocenters. The van der Waals surface area contributed by atoms with Gasteiger partial charge >= 0.3 is 5.97 Å². The largest absolute Gasteiger partial charge is 0.480 e. The molecule has 0 fully saturated rings. The molecular formula is C16H21N3O6. The molecule has 0 bridgehead atoms. The summed E-state index contributed by atoms with van der Waals surface area (Å²) >= 11 is 0. The number of carbonyl (C=O) groups is 3. The standard InChI is InChI=1S/C16H21N3O6/c1-9(2)6-12(16(22)23)18-14(20)8-17-15(21)11-4-5-13(19(24)25)10(3)7-11/h4-5,7,9,12H,6,8H2,1-3H3,(H,17,21)(H,18,20)(H,22,23). The fraction of sp³-hybridized carbons (Fsp3) is 0.438. The van der Waals surface area contributed by atoms with Crippen LogP contribution in [0, 0.1) is 23.0 Å². The molecule has 9 nitrogen and oxygen atoms in total. The molecule has 0 spiro atoms. The number of carboxylic acid groups (broad SMARTS) is 1. The first-order valence-electron chi connectivity index (χ1n) is 7.67. The third kappa shape index (κ3) is 6.21. The van der Waals surface area contributed by atoms with Gasteiger partial charge in [0.1, 0.15) is 6.04 Å². The number of nitro groups is 1. The van der Waals surface area contributed by atoms with Gasteiger partial charge in [0.25, 0.3) is 11.6 Å². The molecule has 1 rings (SSSR count). The topological polar surface area (TPSA) is 139 Å². The molecule has 9 heteroatoms. The van der Waals surface area contributed by atoms with Gasteiger partial charge in [0.2, 0.25) is 5.91 Å². The van der Waals surface area contributed by atoms with E-state index in [9.17, 15) is 24.5 Å². The van der Waals surface area contributed by atoms with E-state index in [-0.39, 0.29) is 23.6 Å². The summed E-state index contributed by atoms with van der Waals surface area (Å²) in [6.07, 6.45) is 0.274. The molecule has 136 valence electrons. The van der Waals surface area contributed by atoms with Crippen LogP contribution in [0.25, 0.3) is 0 Å². The van der Waals surface area contributed by atoms with Crippen molar-refractivity contribution in [3.05, 3.63) is 39.4 Å². The number of benzene rings is 1. The summed E-state index contributed by atoms with van der Waals surface area (Å²) in [5.41, 5.74) is 0.394. The van der Waals surface area contributed by atoms with Gasteiger partial charge in [-0.2, -0.15) is 0 Å². The van der Waals surface area contributed by atoms with E-state index in [0.717, 1.165) is 0 Å². The summed E-state index contributed by atoms with van der Waals surface area (Å²) in [5, 5.41) is 24.5. The lowest BCUT2D eigenvalue weighted by Gasteiger charge is -2.16. The Kier molecular flexibility index (Phi) is 7.04. The molecule has 2 amide bonds. The Labute approximate surface area is 144 Å². The van der Waals surface area contributed by atoms with Crippen LogP contribution in [0.15, 0.2) is 18.2 Å². The average Bonchev–Trinajstić information content (AvgIpc) is 2.50. The maximum absolute atomic E-state index is 12.0. The van der Waals surface area contributed by atoms with Gasteiger partial charge in [0, 0.05) is 17.2 Å². The van der Waals surface area contributed by atoms with Gasteiger partial charge in [0.05, 0.1) is 11.5 Å². The van der Waals surface area contributed by atoms with Crippen molar-refractivity contribution in [2.75, 3.05) is 6.54 Å². The Hall–Kier alpha value is -2.97. The Morgan fingerprint density at radius 1 is 1.28 bits per heavy atom. The van der Waals surface area contributed by atoms with Gasteiger partial charge < -0.3 is 15.7 Å². The molecule has 0 aromatic heterocycles. The van der Waals surface area contributed by atoms with Crippen molar-refractivity contribution in [2.45, 2.75) is 33.2 Å².